The fourth-order valence-electron chi connectivity index (χ4n) is 1.51. The summed E-state index contributed by atoms with van der Waals surface area (Å²) >= 11 is 0. The molecule has 0 fully saturated rings. The van der Waals surface area contributed by atoms with Crippen LogP contribution in [0, 0.1) is 12.7 Å². The van der Waals surface area contributed by atoms with Crippen molar-refractivity contribution in [2.24, 2.45) is 7.05 Å². The summed E-state index contributed by atoms with van der Waals surface area (Å²) in [5.41, 5.74) is 1.32. The van der Waals surface area contributed by atoms with Gasteiger partial charge in [0.1, 0.15) is 5.82 Å². The Hall–Kier alpha value is -2.04. The monoisotopic (exact) mass is 219 g/mol. The van der Waals surface area contributed by atoms with Gasteiger partial charge in [-0.3, -0.25) is 14.5 Å². The van der Waals surface area contributed by atoms with Crippen LogP contribution < -0.4 is 0 Å². The largest absolute Gasteiger partial charge is 0.288 e. The maximum absolute atomic E-state index is 12.9. The van der Waals surface area contributed by atoms with Gasteiger partial charge in [0.05, 0.1) is 17.5 Å². The second kappa shape index (κ2) is 3.84. The number of hydrogen-bond donors (Lipinski definition) is 0. The highest BCUT2D eigenvalue weighted by atomic mass is 19.1. The van der Waals surface area contributed by atoms with E-state index in [1.54, 1.807) is 24.9 Å². The first-order valence-corrected chi connectivity index (χ1v) is 4.73. The van der Waals surface area contributed by atoms with Crippen LogP contribution in [-0.2, 0) is 7.05 Å². The molecule has 82 valence electrons. The second-order valence-electron chi connectivity index (χ2n) is 3.52. The van der Waals surface area contributed by atoms with Crippen LogP contribution in [0.4, 0.5) is 4.39 Å². The Labute approximate surface area is 91.7 Å². The zero-order valence-electron chi connectivity index (χ0n) is 8.94. The van der Waals surface area contributed by atoms with Gasteiger partial charge in [-0.05, 0) is 13.0 Å². The van der Waals surface area contributed by atoms with Crippen LogP contribution in [0.2, 0.25) is 0 Å². The Morgan fingerprint density at radius 2 is 2.19 bits per heavy atom. The van der Waals surface area contributed by atoms with Gasteiger partial charge in [-0.2, -0.15) is 5.10 Å². The standard InChI is InChI=1S/C11H10FN3O/c1-7-10(6-15(2)14-7)11(16)8-3-9(12)5-13-4-8/h3-6H,1-2H3. The van der Waals surface area contributed by atoms with Crippen LogP contribution in [-0.4, -0.2) is 20.5 Å². The van der Waals surface area contributed by atoms with E-state index < -0.39 is 5.82 Å². The predicted octanol–water partition coefficient (Wildman–Crippen LogP) is 1.49. The van der Waals surface area contributed by atoms with E-state index in [9.17, 15) is 9.18 Å². The molecule has 2 heterocycles. The van der Waals surface area contributed by atoms with E-state index >= 15 is 0 Å². The third kappa shape index (κ3) is 1.84. The quantitative estimate of drug-likeness (QED) is 0.719. The number of halogens is 1. The van der Waals surface area contributed by atoms with Gasteiger partial charge in [-0.1, -0.05) is 0 Å². The van der Waals surface area contributed by atoms with E-state index in [0.717, 1.165) is 6.20 Å². The third-order valence-electron chi connectivity index (χ3n) is 2.23. The van der Waals surface area contributed by atoms with Gasteiger partial charge in [0, 0.05) is 25.0 Å². The minimum absolute atomic E-state index is 0.233. The molecule has 2 aromatic rings. The highest BCUT2D eigenvalue weighted by Crippen LogP contribution is 2.12. The number of ketones is 1. The van der Waals surface area contributed by atoms with Crippen LogP contribution in [0.5, 0.6) is 0 Å². The Morgan fingerprint density at radius 3 is 2.75 bits per heavy atom. The summed E-state index contributed by atoms with van der Waals surface area (Å²) in [7, 11) is 1.73. The number of aryl methyl sites for hydroxylation is 2. The van der Waals surface area contributed by atoms with Crippen molar-refractivity contribution in [1.82, 2.24) is 14.8 Å². The highest BCUT2D eigenvalue weighted by molar-refractivity contribution is 6.09. The van der Waals surface area contributed by atoms with Gasteiger partial charge in [0.25, 0.3) is 0 Å². The molecule has 0 saturated heterocycles. The lowest BCUT2D eigenvalue weighted by Gasteiger charge is -1.98. The van der Waals surface area contributed by atoms with E-state index in [2.05, 4.69) is 10.1 Å². The number of nitrogens with zero attached hydrogens (tertiary/aromatic N) is 3. The fourth-order valence-corrected chi connectivity index (χ4v) is 1.51. The molecule has 0 N–H and O–H groups in total. The minimum atomic E-state index is -0.521. The maximum atomic E-state index is 12.9. The first kappa shape index (κ1) is 10.5. The maximum Gasteiger partial charge on any atom is 0.198 e. The average molecular weight is 219 g/mol. The summed E-state index contributed by atoms with van der Waals surface area (Å²) in [4.78, 5) is 15.6. The number of carbonyl (C=O) groups excluding carboxylic acids is 1. The fraction of sp³-hybridized carbons (Fsp3) is 0.182. The molecule has 0 saturated carbocycles. The molecule has 2 aromatic heterocycles. The van der Waals surface area contributed by atoms with Crippen LogP contribution >= 0.6 is 0 Å². The second-order valence-corrected chi connectivity index (χ2v) is 3.52. The van der Waals surface area contributed by atoms with Crippen molar-refractivity contribution in [3.8, 4) is 0 Å². The normalized spacial score (nSPS) is 10.4. The molecular weight excluding hydrogens is 209 g/mol. The van der Waals surface area contributed by atoms with Crippen molar-refractivity contribution in [3.05, 3.63) is 47.3 Å². The minimum Gasteiger partial charge on any atom is -0.288 e. The molecule has 2 rings (SSSR count). The molecule has 0 aliphatic heterocycles. The Bertz CT molecular complexity index is 548. The van der Waals surface area contributed by atoms with Gasteiger partial charge >= 0.3 is 0 Å². The van der Waals surface area contributed by atoms with Crippen molar-refractivity contribution >= 4 is 5.78 Å². The Balaban J connectivity index is 2.43. The third-order valence-corrected chi connectivity index (χ3v) is 2.23. The van der Waals surface area contributed by atoms with Crippen molar-refractivity contribution in [2.75, 3.05) is 0 Å². The number of aromatic nitrogens is 3. The number of pyridine rings is 1. The molecule has 0 aliphatic carbocycles. The summed E-state index contributed by atoms with van der Waals surface area (Å²) in [6.45, 7) is 1.74. The van der Waals surface area contributed by atoms with Crippen LogP contribution in [0.3, 0.4) is 0 Å². The molecule has 4 nitrogen and oxygen atoms in total. The molecule has 0 bridgehead atoms. The lowest BCUT2D eigenvalue weighted by molar-refractivity contribution is 0.103. The highest BCUT2D eigenvalue weighted by Gasteiger charge is 2.15. The van der Waals surface area contributed by atoms with Crippen LogP contribution in [0.15, 0.2) is 24.7 Å². The smallest absolute Gasteiger partial charge is 0.198 e. The van der Waals surface area contributed by atoms with Crippen molar-refractivity contribution in [3.63, 3.8) is 0 Å². The van der Waals surface area contributed by atoms with Gasteiger partial charge in [0.2, 0.25) is 0 Å². The summed E-state index contributed by atoms with van der Waals surface area (Å²) in [6, 6.07) is 1.17. The van der Waals surface area contributed by atoms with E-state index in [-0.39, 0.29) is 11.3 Å². The lowest BCUT2D eigenvalue weighted by atomic mass is 10.1. The molecule has 0 spiro atoms. The van der Waals surface area contributed by atoms with Crippen LogP contribution in [0.1, 0.15) is 21.6 Å². The number of hydrogen-bond acceptors (Lipinski definition) is 3. The number of carbonyl (C=O) groups is 1. The molecule has 0 aromatic carbocycles. The molecule has 0 amide bonds. The van der Waals surface area contributed by atoms with Gasteiger partial charge < -0.3 is 0 Å². The van der Waals surface area contributed by atoms with E-state index in [0.29, 0.717) is 11.3 Å². The zero-order valence-corrected chi connectivity index (χ0v) is 8.94. The number of rotatable bonds is 2. The Kier molecular flexibility index (Phi) is 2.52. The van der Waals surface area contributed by atoms with E-state index in [4.69, 9.17) is 0 Å². The van der Waals surface area contributed by atoms with Gasteiger partial charge in [-0.25, -0.2) is 4.39 Å². The first-order chi connectivity index (χ1) is 7.58. The van der Waals surface area contributed by atoms with Gasteiger partial charge in [0.15, 0.2) is 5.78 Å². The molecule has 0 atom stereocenters. The summed E-state index contributed by atoms with van der Waals surface area (Å²) in [5, 5.41) is 4.06. The van der Waals surface area contributed by atoms with Gasteiger partial charge in [-0.15, -0.1) is 0 Å². The predicted molar refractivity (Wildman–Crippen MR) is 55.6 cm³/mol. The molecule has 16 heavy (non-hydrogen) atoms. The zero-order chi connectivity index (χ0) is 11.7. The Morgan fingerprint density at radius 1 is 1.44 bits per heavy atom. The van der Waals surface area contributed by atoms with E-state index in [1.165, 1.54) is 12.3 Å². The molecule has 0 aliphatic rings. The first-order valence-electron chi connectivity index (χ1n) is 4.73. The molecule has 0 unspecified atom stereocenters. The van der Waals surface area contributed by atoms with Crippen molar-refractivity contribution in [2.45, 2.75) is 6.92 Å². The molecular formula is C11H10FN3O. The lowest BCUT2D eigenvalue weighted by Crippen LogP contribution is -2.03. The topological polar surface area (TPSA) is 47.8 Å². The van der Waals surface area contributed by atoms with Crippen molar-refractivity contribution in [1.29, 1.82) is 0 Å². The summed E-state index contributed by atoms with van der Waals surface area (Å²) in [5.74, 6) is -0.787. The summed E-state index contributed by atoms with van der Waals surface area (Å²) < 4.78 is 14.5. The van der Waals surface area contributed by atoms with Crippen LogP contribution in [0.25, 0.3) is 0 Å². The SMILES string of the molecule is Cc1nn(C)cc1C(=O)c1cncc(F)c1. The summed E-state index contributed by atoms with van der Waals surface area (Å²) in [6.07, 6.45) is 4.02. The molecule has 0 radical (unpaired) electrons. The van der Waals surface area contributed by atoms with Crippen molar-refractivity contribution < 1.29 is 9.18 Å². The van der Waals surface area contributed by atoms with E-state index in [1.807, 2.05) is 0 Å². The average Bonchev–Trinajstić information content (AvgIpc) is 2.57. The molecule has 5 heteroatoms.